The van der Waals surface area contributed by atoms with Crippen molar-refractivity contribution in [2.24, 2.45) is 5.73 Å². The van der Waals surface area contributed by atoms with E-state index in [1.807, 2.05) is 60.7 Å². The van der Waals surface area contributed by atoms with E-state index in [4.69, 9.17) is 10.2 Å². The molecular weight excluding hydrogens is 467 g/mol. The summed E-state index contributed by atoms with van der Waals surface area (Å²) in [7, 11) is 1.78. The van der Waals surface area contributed by atoms with Gasteiger partial charge in [-0.05, 0) is 58.7 Å². The first-order chi connectivity index (χ1) is 17.9. The van der Waals surface area contributed by atoms with Crippen LogP contribution in [0.4, 0.5) is 4.39 Å². The lowest BCUT2D eigenvalue weighted by atomic mass is 9.99. The van der Waals surface area contributed by atoms with E-state index >= 15 is 0 Å². The lowest BCUT2D eigenvalue weighted by molar-refractivity contribution is 0.0785. The molecule has 0 radical (unpaired) electrons. The quantitative estimate of drug-likeness (QED) is 0.294. The van der Waals surface area contributed by atoms with Gasteiger partial charge >= 0.3 is 0 Å². The number of amides is 2. The number of benzene rings is 4. The van der Waals surface area contributed by atoms with Gasteiger partial charge in [0.2, 0.25) is 0 Å². The Balaban J connectivity index is 1.46. The second-order valence-electron chi connectivity index (χ2n) is 9.01. The van der Waals surface area contributed by atoms with E-state index in [1.54, 1.807) is 36.2 Å². The number of halogens is 1. The third-order valence-corrected chi connectivity index (χ3v) is 6.34. The first-order valence-electron chi connectivity index (χ1n) is 11.9. The number of hydrogen-bond donors (Lipinski definition) is 1. The highest BCUT2D eigenvalue weighted by molar-refractivity contribution is 6.07. The molecule has 0 bridgehead atoms. The smallest absolute Gasteiger partial charge is 0.253 e. The van der Waals surface area contributed by atoms with Crippen LogP contribution in [0.15, 0.2) is 101 Å². The van der Waals surface area contributed by atoms with Crippen molar-refractivity contribution in [2.45, 2.75) is 13.0 Å². The SMILES string of the molecule is CN(Cc1ccccc1)C(=O)c1cccc(-c2ccc3oc(Cc4ccc(F)cc4)c(C(N)=O)c3c2)c1. The molecule has 0 aliphatic heterocycles. The lowest BCUT2D eigenvalue weighted by Gasteiger charge is -2.18. The Morgan fingerprint density at radius 1 is 0.838 bits per heavy atom. The molecular formula is C31H25FN2O3. The van der Waals surface area contributed by atoms with E-state index in [2.05, 4.69) is 0 Å². The molecule has 5 nitrogen and oxygen atoms in total. The minimum Gasteiger partial charge on any atom is -0.460 e. The zero-order valence-electron chi connectivity index (χ0n) is 20.3. The van der Waals surface area contributed by atoms with Gasteiger partial charge in [0, 0.05) is 31.0 Å². The Morgan fingerprint density at radius 2 is 1.57 bits per heavy atom. The second kappa shape index (κ2) is 10.1. The summed E-state index contributed by atoms with van der Waals surface area (Å²) in [6.07, 6.45) is 0.306. The standard InChI is InChI=1S/C31H25FN2O3/c1-34(19-21-6-3-2-4-7-21)31(36)24-9-5-8-22(17-24)23-12-15-27-26(18-23)29(30(33)35)28(37-27)16-20-10-13-25(32)14-11-20/h2-15,17-18H,16,19H2,1H3,(H2,33,35). The van der Waals surface area contributed by atoms with Gasteiger partial charge in [0.1, 0.15) is 17.2 Å². The Kier molecular flexibility index (Phi) is 6.56. The van der Waals surface area contributed by atoms with Crippen molar-refractivity contribution in [1.82, 2.24) is 4.90 Å². The Morgan fingerprint density at radius 3 is 2.30 bits per heavy atom. The molecule has 5 aromatic rings. The van der Waals surface area contributed by atoms with Crippen molar-refractivity contribution in [3.63, 3.8) is 0 Å². The molecule has 37 heavy (non-hydrogen) atoms. The first kappa shape index (κ1) is 24.0. The number of primary amides is 1. The van der Waals surface area contributed by atoms with E-state index in [0.29, 0.717) is 40.8 Å². The highest BCUT2D eigenvalue weighted by atomic mass is 19.1. The number of hydrogen-bond acceptors (Lipinski definition) is 3. The number of furan rings is 1. The summed E-state index contributed by atoms with van der Waals surface area (Å²) in [4.78, 5) is 27.2. The molecule has 5 rings (SSSR count). The molecule has 0 aliphatic carbocycles. The number of fused-ring (bicyclic) bond motifs is 1. The zero-order valence-corrected chi connectivity index (χ0v) is 20.3. The zero-order chi connectivity index (χ0) is 25.9. The molecule has 0 unspecified atom stereocenters. The van der Waals surface area contributed by atoms with Gasteiger partial charge in [0.05, 0.1) is 5.56 Å². The molecule has 184 valence electrons. The van der Waals surface area contributed by atoms with E-state index in [-0.39, 0.29) is 11.7 Å². The van der Waals surface area contributed by atoms with Crippen LogP contribution in [-0.4, -0.2) is 23.8 Å². The van der Waals surface area contributed by atoms with Crippen molar-refractivity contribution in [3.8, 4) is 11.1 Å². The van der Waals surface area contributed by atoms with Gasteiger partial charge in [0.25, 0.3) is 11.8 Å². The van der Waals surface area contributed by atoms with Gasteiger partial charge < -0.3 is 15.1 Å². The summed E-state index contributed by atoms with van der Waals surface area (Å²) in [5.41, 5.74) is 10.6. The number of rotatable bonds is 7. The van der Waals surface area contributed by atoms with Crippen molar-refractivity contribution in [1.29, 1.82) is 0 Å². The van der Waals surface area contributed by atoms with Crippen molar-refractivity contribution < 1.29 is 18.4 Å². The van der Waals surface area contributed by atoms with Crippen LogP contribution >= 0.6 is 0 Å². The van der Waals surface area contributed by atoms with Crippen LogP contribution in [-0.2, 0) is 13.0 Å². The van der Waals surface area contributed by atoms with Gasteiger partial charge in [-0.15, -0.1) is 0 Å². The van der Waals surface area contributed by atoms with Gasteiger partial charge in [-0.3, -0.25) is 9.59 Å². The first-order valence-corrected chi connectivity index (χ1v) is 11.9. The van der Waals surface area contributed by atoms with Crippen LogP contribution in [0.2, 0.25) is 0 Å². The average Bonchev–Trinajstić information content (AvgIpc) is 3.27. The molecule has 0 saturated carbocycles. The molecule has 0 spiro atoms. The van der Waals surface area contributed by atoms with Gasteiger partial charge in [-0.2, -0.15) is 0 Å². The molecule has 0 fully saturated rings. The minimum atomic E-state index is -0.598. The van der Waals surface area contributed by atoms with E-state index in [1.165, 1.54) is 12.1 Å². The highest BCUT2D eigenvalue weighted by Gasteiger charge is 2.20. The second-order valence-corrected chi connectivity index (χ2v) is 9.01. The van der Waals surface area contributed by atoms with Crippen molar-refractivity contribution in [2.75, 3.05) is 7.05 Å². The van der Waals surface area contributed by atoms with Crippen LogP contribution < -0.4 is 5.73 Å². The summed E-state index contributed by atoms with van der Waals surface area (Å²) < 4.78 is 19.3. The number of carbonyl (C=O) groups excluding carboxylic acids is 2. The average molecular weight is 493 g/mol. The molecule has 2 N–H and O–H groups in total. The molecule has 2 amide bonds. The van der Waals surface area contributed by atoms with Gasteiger partial charge in [-0.1, -0.05) is 60.7 Å². The maximum absolute atomic E-state index is 13.3. The predicted octanol–water partition coefficient (Wildman–Crippen LogP) is 6.20. The molecule has 1 aromatic heterocycles. The van der Waals surface area contributed by atoms with Gasteiger partial charge in [0.15, 0.2) is 0 Å². The third kappa shape index (κ3) is 5.14. The van der Waals surface area contributed by atoms with Crippen LogP contribution in [0.25, 0.3) is 22.1 Å². The minimum absolute atomic E-state index is 0.0884. The largest absolute Gasteiger partial charge is 0.460 e. The van der Waals surface area contributed by atoms with Crippen LogP contribution in [0.1, 0.15) is 37.6 Å². The third-order valence-electron chi connectivity index (χ3n) is 6.34. The van der Waals surface area contributed by atoms with E-state index < -0.39 is 5.91 Å². The molecule has 0 saturated heterocycles. The Bertz CT molecular complexity index is 1590. The number of carbonyl (C=O) groups is 2. The fourth-order valence-electron chi connectivity index (χ4n) is 4.49. The van der Waals surface area contributed by atoms with Gasteiger partial charge in [-0.25, -0.2) is 4.39 Å². The summed E-state index contributed by atoms with van der Waals surface area (Å²) in [6.45, 7) is 0.504. The molecule has 6 heteroatoms. The summed E-state index contributed by atoms with van der Waals surface area (Å²) in [6, 6.07) is 28.8. The summed E-state index contributed by atoms with van der Waals surface area (Å²) in [5, 5.41) is 0.597. The fourth-order valence-corrected chi connectivity index (χ4v) is 4.49. The maximum Gasteiger partial charge on any atom is 0.253 e. The summed E-state index contributed by atoms with van der Waals surface area (Å²) in [5.74, 6) is -0.591. The molecule has 4 aromatic carbocycles. The lowest BCUT2D eigenvalue weighted by Crippen LogP contribution is -2.26. The van der Waals surface area contributed by atoms with E-state index in [9.17, 15) is 14.0 Å². The molecule has 1 heterocycles. The van der Waals surface area contributed by atoms with Crippen molar-refractivity contribution in [3.05, 3.63) is 131 Å². The summed E-state index contributed by atoms with van der Waals surface area (Å²) >= 11 is 0. The maximum atomic E-state index is 13.3. The normalized spacial score (nSPS) is 11.0. The van der Waals surface area contributed by atoms with Crippen LogP contribution in [0.3, 0.4) is 0 Å². The van der Waals surface area contributed by atoms with Crippen LogP contribution in [0, 0.1) is 5.82 Å². The van der Waals surface area contributed by atoms with Crippen molar-refractivity contribution >= 4 is 22.8 Å². The Labute approximate surface area is 213 Å². The molecule has 0 aliphatic rings. The van der Waals surface area contributed by atoms with Crippen LogP contribution in [0.5, 0.6) is 0 Å². The number of nitrogens with two attached hydrogens (primary N) is 1. The Hall–Kier alpha value is -4.71. The topological polar surface area (TPSA) is 76.5 Å². The monoisotopic (exact) mass is 492 g/mol. The predicted molar refractivity (Wildman–Crippen MR) is 142 cm³/mol. The van der Waals surface area contributed by atoms with E-state index in [0.717, 1.165) is 22.3 Å². The number of nitrogens with zero attached hydrogens (tertiary/aromatic N) is 1. The highest BCUT2D eigenvalue weighted by Crippen LogP contribution is 2.32. The molecule has 0 atom stereocenters. The fraction of sp³-hybridized carbons (Fsp3) is 0.0968.